The molecule has 1 aromatic carbocycles. The summed E-state index contributed by atoms with van der Waals surface area (Å²) in [6.45, 7) is 6.32. The molecule has 2 rings (SSSR count). The minimum atomic E-state index is -0.344. The van der Waals surface area contributed by atoms with E-state index in [4.69, 9.17) is 0 Å². The van der Waals surface area contributed by atoms with Crippen LogP contribution in [0.2, 0.25) is 0 Å². The van der Waals surface area contributed by atoms with Crippen LogP contribution in [0, 0.1) is 0 Å². The third-order valence-corrected chi connectivity index (χ3v) is 4.15. The first-order chi connectivity index (χ1) is 8.74. The Morgan fingerprint density at radius 3 is 2.61 bits per heavy atom. The van der Waals surface area contributed by atoms with E-state index in [9.17, 15) is 5.11 Å². The molecule has 0 aliphatic carbocycles. The minimum absolute atomic E-state index is 0.344. The summed E-state index contributed by atoms with van der Waals surface area (Å²) in [5, 5.41) is 10.3. The van der Waals surface area contributed by atoms with E-state index in [2.05, 4.69) is 43.0 Å². The quantitative estimate of drug-likeness (QED) is 0.864. The van der Waals surface area contributed by atoms with Gasteiger partial charge in [0.15, 0.2) is 0 Å². The van der Waals surface area contributed by atoms with Crippen LogP contribution >= 0.6 is 0 Å². The van der Waals surface area contributed by atoms with Gasteiger partial charge in [-0.2, -0.15) is 0 Å². The zero-order valence-electron chi connectivity index (χ0n) is 11.6. The minimum Gasteiger partial charge on any atom is -0.387 e. The highest BCUT2D eigenvalue weighted by atomic mass is 16.3. The molecule has 0 bridgehead atoms. The monoisotopic (exact) mass is 247 g/mol. The maximum Gasteiger partial charge on any atom is 0.0917 e. The Morgan fingerprint density at radius 1 is 1.28 bits per heavy atom. The number of nitrogens with zero attached hydrogens (tertiary/aromatic N) is 1. The van der Waals surface area contributed by atoms with Crippen LogP contribution in [0.5, 0.6) is 0 Å². The Bertz CT molecular complexity index is 360. The molecule has 100 valence electrons. The molecular formula is C16H25NO. The number of aliphatic hydroxyl groups excluding tert-OH is 1. The van der Waals surface area contributed by atoms with Gasteiger partial charge >= 0.3 is 0 Å². The maximum atomic E-state index is 10.3. The Kier molecular flexibility index (Phi) is 4.79. The van der Waals surface area contributed by atoms with Crippen molar-refractivity contribution in [1.82, 2.24) is 4.90 Å². The van der Waals surface area contributed by atoms with Gasteiger partial charge in [-0.25, -0.2) is 0 Å². The first-order valence-electron chi connectivity index (χ1n) is 7.25. The summed E-state index contributed by atoms with van der Waals surface area (Å²) in [6.07, 6.45) is 4.47. The average Bonchev–Trinajstić information content (AvgIpc) is 2.86. The number of benzene rings is 1. The molecule has 2 nitrogen and oxygen atoms in total. The van der Waals surface area contributed by atoms with E-state index in [-0.39, 0.29) is 6.10 Å². The van der Waals surface area contributed by atoms with Crippen LogP contribution in [0.25, 0.3) is 0 Å². The van der Waals surface area contributed by atoms with Crippen LogP contribution in [0.4, 0.5) is 0 Å². The topological polar surface area (TPSA) is 23.5 Å². The summed E-state index contributed by atoms with van der Waals surface area (Å²) in [6, 6.07) is 9.07. The van der Waals surface area contributed by atoms with Crippen LogP contribution in [-0.4, -0.2) is 29.1 Å². The number of rotatable bonds is 5. The molecule has 1 fully saturated rings. The molecule has 1 aliphatic rings. The third-order valence-electron chi connectivity index (χ3n) is 4.15. The first-order valence-corrected chi connectivity index (χ1v) is 7.25. The molecular weight excluding hydrogens is 222 g/mol. The highest BCUT2D eigenvalue weighted by Gasteiger charge is 2.24. The highest BCUT2D eigenvalue weighted by molar-refractivity contribution is 5.24. The van der Waals surface area contributed by atoms with Crippen molar-refractivity contribution in [2.75, 3.05) is 13.1 Å². The zero-order chi connectivity index (χ0) is 13.0. The molecule has 2 unspecified atom stereocenters. The molecule has 1 aromatic rings. The number of hydrogen-bond acceptors (Lipinski definition) is 2. The lowest BCUT2D eigenvalue weighted by Gasteiger charge is -2.26. The molecule has 0 aromatic heterocycles. The molecule has 0 saturated carbocycles. The van der Waals surface area contributed by atoms with Gasteiger partial charge in [0.05, 0.1) is 6.10 Å². The van der Waals surface area contributed by atoms with Crippen molar-refractivity contribution in [3.63, 3.8) is 0 Å². The number of hydrogen-bond donors (Lipinski definition) is 1. The van der Waals surface area contributed by atoms with E-state index >= 15 is 0 Å². The van der Waals surface area contributed by atoms with Gasteiger partial charge in [-0.15, -0.1) is 0 Å². The summed E-state index contributed by atoms with van der Waals surface area (Å²) in [7, 11) is 0. The van der Waals surface area contributed by atoms with Crippen molar-refractivity contribution in [2.24, 2.45) is 0 Å². The average molecular weight is 247 g/mol. The third kappa shape index (κ3) is 3.12. The van der Waals surface area contributed by atoms with Gasteiger partial charge < -0.3 is 5.11 Å². The zero-order valence-corrected chi connectivity index (χ0v) is 11.6. The second kappa shape index (κ2) is 6.35. The lowest BCUT2D eigenvalue weighted by atomic mass is 10.0. The summed E-state index contributed by atoms with van der Waals surface area (Å²) in [4.78, 5) is 2.44. The van der Waals surface area contributed by atoms with E-state index in [0.29, 0.717) is 6.04 Å². The van der Waals surface area contributed by atoms with Gasteiger partial charge in [-0.05, 0) is 43.4 Å². The van der Waals surface area contributed by atoms with E-state index in [1.165, 1.54) is 24.8 Å². The first kappa shape index (κ1) is 13.6. The molecule has 0 radical (unpaired) electrons. The fraction of sp³-hybridized carbons (Fsp3) is 0.625. The number of aryl methyl sites for hydroxylation is 1. The van der Waals surface area contributed by atoms with E-state index in [1.807, 2.05) is 0 Å². The number of aliphatic hydroxyl groups is 1. The molecule has 1 saturated heterocycles. The normalized spacial score (nSPS) is 22.3. The van der Waals surface area contributed by atoms with Crippen LogP contribution in [0.15, 0.2) is 24.3 Å². The fourth-order valence-corrected chi connectivity index (χ4v) is 2.90. The summed E-state index contributed by atoms with van der Waals surface area (Å²) < 4.78 is 0. The Hall–Kier alpha value is -0.860. The Balaban J connectivity index is 1.95. The van der Waals surface area contributed by atoms with E-state index in [1.54, 1.807) is 0 Å². The lowest BCUT2D eigenvalue weighted by Crippen LogP contribution is -2.32. The second-order valence-corrected chi connectivity index (χ2v) is 5.31. The van der Waals surface area contributed by atoms with Gasteiger partial charge in [-0.3, -0.25) is 4.90 Å². The van der Waals surface area contributed by atoms with Gasteiger partial charge in [0, 0.05) is 12.6 Å². The van der Waals surface area contributed by atoms with Crippen molar-refractivity contribution in [1.29, 1.82) is 0 Å². The summed E-state index contributed by atoms with van der Waals surface area (Å²) >= 11 is 0. The SMILES string of the molecule is CCc1ccc(C(O)CN2CCCC2CC)cc1. The number of β-amino-alcohol motifs (C(OH)–C–C–N with tert-alkyl or cyclic N) is 1. The van der Waals surface area contributed by atoms with Gasteiger partial charge in [0.25, 0.3) is 0 Å². The summed E-state index contributed by atoms with van der Waals surface area (Å²) in [5.41, 5.74) is 2.38. The molecule has 1 N–H and O–H groups in total. The largest absolute Gasteiger partial charge is 0.387 e. The van der Waals surface area contributed by atoms with Gasteiger partial charge in [-0.1, -0.05) is 38.1 Å². The van der Waals surface area contributed by atoms with Crippen molar-refractivity contribution in [2.45, 2.75) is 51.7 Å². The number of likely N-dealkylation sites (tertiary alicyclic amines) is 1. The smallest absolute Gasteiger partial charge is 0.0917 e. The van der Waals surface area contributed by atoms with Crippen molar-refractivity contribution in [3.8, 4) is 0 Å². The van der Waals surface area contributed by atoms with Gasteiger partial charge in [0.2, 0.25) is 0 Å². The molecule has 0 amide bonds. The van der Waals surface area contributed by atoms with Crippen LogP contribution in [-0.2, 0) is 6.42 Å². The second-order valence-electron chi connectivity index (χ2n) is 5.31. The van der Waals surface area contributed by atoms with Crippen LogP contribution in [0.3, 0.4) is 0 Å². The molecule has 1 aliphatic heterocycles. The van der Waals surface area contributed by atoms with Crippen molar-refractivity contribution >= 4 is 0 Å². The molecule has 18 heavy (non-hydrogen) atoms. The lowest BCUT2D eigenvalue weighted by molar-refractivity contribution is 0.105. The van der Waals surface area contributed by atoms with Crippen LogP contribution < -0.4 is 0 Å². The van der Waals surface area contributed by atoms with Crippen molar-refractivity contribution < 1.29 is 5.11 Å². The van der Waals surface area contributed by atoms with Crippen LogP contribution in [0.1, 0.15) is 50.3 Å². The van der Waals surface area contributed by atoms with E-state index < -0.39 is 0 Å². The summed E-state index contributed by atoms with van der Waals surface area (Å²) in [5.74, 6) is 0. The fourth-order valence-electron chi connectivity index (χ4n) is 2.90. The predicted molar refractivity (Wildman–Crippen MR) is 75.7 cm³/mol. The van der Waals surface area contributed by atoms with E-state index in [0.717, 1.165) is 25.1 Å². The highest BCUT2D eigenvalue weighted by Crippen LogP contribution is 2.23. The Morgan fingerprint density at radius 2 is 2.00 bits per heavy atom. The molecule has 1 heterocycles. The molecule has 2 heteroatoms. The van der Waals surface area contributed by atoms with Gasteiger partial charge in [0.1, 0.15) is 0 Å². The van der Waals surface area contributed by atoms with Crippen molar-refractivity contribution in [3.05, 3.63) is 35.4 Å². The molecule has 0 spiro atoms. The standard InChI is InChI=1S/C16H25NO/c1-3-13-7-9-14(10-8-13)16(18)12-17-11-5-6-15(17)4-2/h7-10,15-16,18H,3-6,11-12H2,1-2H3. The molecule has 2 atom stereocenters. The maximum absolute atomic E-state index is 10.3. The Labute approximate surface area is 111 Å². The predicted octanol–water partition coefficient (Wildman–Crippen LogP) is 3.16.